The van der Waals surface area contributed by atoms with Gasteiger partial charge in [0.25, 0.3) is 5.91 Å². The Hall–Kier alpha value is -2.94. The molecule has 4 nitrogen and oxygen atoms in total. The van der Waals surface area contributed by atoms with Gasteiger partial charge in [0, 0.05) is 39.3 Å². The highest BCUT2D eigenvalue weighted by Crippen LogP contribution is 2.31. The maximum atomic E-state index is 12.8. The van der Waals surface area contributed by atoms with Crippen molar-refractivity contribution in [3.63, 3.8) is 0 Å². The van der Waals surface area contributed by atoms with Crippen molar-refractivity contribution in [2.75, 3.05) is 5.32 Å². The van der Waals surface area contributed by atoms with Crippen molar-refractivity contribution in [3.8, 4) is 6.07 Å². The van der Waals surface area contributed by atoms with Crippen LogP contribution in [0.25, 0.3) is 17.0 Å². The first-order valence-corrected chi connectivity index (χ1v) is 11.3. The molecular weight excluding hydrogens is 500 g/mol. The highest BCUT2D eigenvalue weighted by molar-refractivity contribution is 6.44. The van der Waals surface area contributed by atoms with Gasteiger partial charge in [-0.05, 0) is 42.0 Å². The molecule has 4 aromatic rings. The predicted molar refractivity (Wildman–Crippen MR) is 136 cm³/mol. The number of fused-ring (bicyclic) bond motifs is 1. The second kappa shape index (κ2) is 9.91. The maximum Gasteiger partial charge on any atom is 0.266 e. The molecule has 1 aromatic heterocycles. The van der Waals surface area contributed by atoms with Crippen LogP contribution in [0.3, 0.4) is 0 Å². The SMILES string of the molecule is N#C/C(=C/c1cn(Cc2ccc(Cl)cc2Cl)c2ccccc12)C(=O)Nc1cccc(Cl)c1Cl. The van der Waals surface area contributed by atoms with E-state index in [1.165, 1.54) is 0 Å². The molecule has 0 atom stereocenters. The van der Waals surface area contributed by atoms with E-state index in [0.29, 0.717) is 27.3 Å². The normalized spacial score (nSPS) is 11.4. The summed E-state index contributed by atoms with van der Waals surface area (Å²) in [7, 11) is 0. The summed E-state index contributed by atoms with van der Waals surface area (Å²) >= 11 is 24.5. The lowest BCUT2D eigenvalue weighted by atomic mass is 10.1. The van der Waals surface area contributed by atoms with Crippen LogP contribution in [0.5, 0.6) is 0 Å². The van der Waals surface area contributed by atoms with E-state index in [4.69, 9.17) is 46.4 Å². The molecule has 0 spiro atoms. The number of nitriles is 1. The molecule has 0 saturated carbocycles. The molecule has 0 aliphatic heterocycles. The molecule has 164 valence electrons. The van der Waals surface area contributed by atoms with Gasteiger partial charge < -0.3 is 9.88 Å². The molecular formula is C25H15Cl4N3O. The third-order valence-electron chi connectivity index (χ3n) is 5.04. The minimum Gasteiger partial charge on any atom is -0.342 e. The molecule has 0 aliphatic carbocycles. The van der Waals surface area contributed by atoms with Crippen LogP contribution in [-0.4, -0.2) is 10.5 Å². The Morgan fingerprint density at radius 1 is 1.00 bits per heavy atom. The lowest BCUT2D eigenvalue weighted by Crippen LogP contribution is -2.13. The first-order chi connectivity index (χ1) is 15.9. The number of nitrogens with one attached hydrogen (secondary N) is 1. The Morgan fingerprint density at radius 3 is 2.55 bits per heavy atom. The summed E-state index contributed by atoms with van der Waals surface area (Å²) in [5.74, 6) is -0.584. The second-order valence-electron chi connectivity index (χ2n) is 7.19. The Morgan fingerprint density at radius 2 is 1.79 bits per heavy atom. The lowest BCUT2D eigenvalue weighted by molar-refractivity contribution is -0.112. The molecule has 4 rings (SSSR count). The summed E-state index contributed by atoms with van der Waals surface area (Å²) in [5.41, 5.74) is 2.81. The lowest BCUT2D eigenvalue weighted by Gasteiger charge is -2.08. The summed E-state index contributed by atoms with van der Waals surface area (Å²) in [4.78, 5) is 12.8. The number of nitrogens with zero attached hydrogens (tertiary/aromatic N) is 2. The molecule has 1 N–H and O–H groups in total. The quantitative estimate of drug-likeness (QED) is 0.218. The summed E-state index contributed by atoms with van der Waals surface area (Å²) < 4.78 is 2.01. The van der Waals surface area contributed by atoms with E-state index in [9.17, 15) is 10.1 Å². The van der Waals surface area contributed by atoms with Gasteiger partial charge in [0.05, 0.1) is 15.7 Å². The van der Waals surface area contributed by atoms with Crippen LogP contribution in [0.4, 0.5) is 5.69 Å². The maximum absolute atomic E-state index is 12.8. The number of amides is 1. The minimum atomic E-state index is -0.584. The monoisotopic (exact) mass is 513 g/mol. The van der Waals surface area contributed by atoms with E-state index in [2.05, 4.69) is 5.32 Å². The Bertz CT molecular complexity index is 1450. The van der Waals surface area contributed by atoms with Crippen LogP contribution in [0, 0.1) is 11.3 Å². The zero-order chi connectivity index (χ0) is 23.5. The number of hydrogen-bond donors (Lipinski definition) is 1. The van der Waals surface area contributed by atoms with Gasteiger partial charge in [0.15, 0.2) is 0 Å². The number of rotatable bonds is 5. The third kappa shape index (κ3) is 5.03. The number of carbonyl (C=O) groups excluding carboxylic acids is 1. The van der Waals surface area contributed by atoms with Crippen molar-refractivity contribution < 1.29 is 4.79 Å². The molecule has 33 heavy (non-hydrogen) atoms. The van der Waals surface area contributed by atoms with E-state index in [1.54, 1.807) is 36.4 Å². The summed E-state index contributed by atoms with van der Waals surface area (Å²) in [6.45, 7) is 0.497. The van der Waals surface area contributed by atoms with E-state index in [-0.39, 0.29) is 10.6 Å². The average Bonchev–Trinajstić information content (AvgIpc) is 3.14. The molecule has 8 heteroatoms. The van der Waals surface area contributed by atoms with Crippen molar-refractivity contribution in [1.29, 1.82) is 5.26 Å². The minimum absolute atomic E-state index is 0.0709. The fraction of sp³-hybridized carbons (Fsp3) is 0.0400. The first-order valence-electron chi connectivity index (χ1n) is 9.76. The summed E-state index contributed by atoms with van der Waals surface area (Å²) in [5, 5.41) is 14.8. The van der Waals surface area contributed by atoms with E-state index in [0.717, 1.165) is 22.0 Å². The van der Waals surface area contributed by atoms with Crippen LogP contribution in [-0.2, 0) is 11.3 Å². The number of para-hydroxylation sites is 1. The van der Waals surface area contributed by atoms with Gasteiger partial charge in [-0.25, -0.2) is 0 Å². The van der Waals surface area contributed by atoms with Crippen LogP contribution in [0.15, 0.2) is 72.4 Å². The van der Waals surface area contributed by atoms with Crippen molar-refractivity contribution in [3.05, 3.63) is 104 Å². The van der Waals surface area contributed by atoms with Crippen LogP contribution in [0.1, 0.15) is 11.1 Å². The van der Waals surface area contributed by atoms with Gasteiger partial charge in [0.1, 0.15) is 11.6 Å². The molecule has 1 amide bonds. The molecule has 3 aromatic carbocycles. The van der Waals surface area contributed by atoms with Crippen molar-refractivity contribution in [2.45, 2.75) is 6.54 Å². The first kappa shape index (κ1) is 23.2. The Kier molecular flexibility index (Phi) is 6.97. The molecule has 0 aliphatic rings. The smallest absolute Gasteiger partial charge is 0.266 e. The van der Waals surface area contributed by atoms with Gasteiger partial charge in [-0.15, -0.1) is 0 Å². The van der Waals surface area contributed by atoms with Gasteiger partial charge in [0.2, 0.25) is 0 Å². The van der Waals surface area contributed by atoms with E-state index < -0.39 is 5.91 Å². The fourth-order valence-corrected chi connectivity index (χ4v) is 4.26. The Labute approximate surface area is 210 Å². The topological polar surface area (TPSA) is 57.8 Å². The third-order valence-corrected chi connectivity index (χ3v) is 6.45. The van der Waals surface area contributed by atoms with Crippen LogP contribution in [0.2, 0.25) is 20.1 Å². The molecule has 1 heterocycles. The highest BCUT2D eigenvalue weighted by atomic mass is 35.5. The van der Waals surface area contributed by atoms with Crippen molar-refractivity contribution in [2.24, 2.45) is 0 Å². The number of halogens is 4. The van der Waals surface area contributed by atoms with Crippen molar-refractivity contribution >= 4 is 75.0 Å². The Balaban J connectivity index is 1.70. The van der Waals surface area contributed by atoms with Gasteiger partial charge in [-0.3, -0.25) is 4.79 Å². The largest absolute Gasteiger partial charge is 0.342 e. The molecule has 0 bridgehead atoms. The molecule has 0 fully saturated rings. The molecule has 0 radical (unpaired) electrons. The number of hydrogen-bond acceptors (Lipinski definition) is 2. The highest BCUT2D eigenvalue weighted by Gasteiger charge is 2.15. The zero-order valence-electron chi connectivity index (χ0n) is 16.9. The summed E-state index contributed by atoms with van der Waals surface area (Å²) in [6.07, 6.45) is 3.43. The zero-order valence-corrected chi connectivity index (χ0v) is 20.0. The number of anilines is 1. The van der Waals surface area contributed by atoms with Crippen LogP contribution >= 0.6 is 46.4 Å². The summed E-state index contributed by atoms with van der Waals surface area (Å²) in [6, 6.07) is 19.9. The van der Waals surface area contributed by atoms with Gasteiger partial charge >= 0.3 is 0 Å². The number of benzene rings is 3. The van der Waals surface area contributed by atoms with E-state index >= 15 is 0 Å². The van der Waals surface area contributed by atoms with Gasteiger partial charge in [-0.2, -0.15) is 5.26 Å². The standard InChI is InChI=1S/C25H15Cl4N3O/c26-18-9-8-15(21(28)11-18)13-32-14-17(19-4-1-2-7-23(19)32)10-16(12-30)25(33)31-22-6-3-5-20(27)24(22)29/h1-11,14H,13H2,(H,31,33)/b16-10-. The fourth-order valence-electron chi connectivity index (χ4n) is 3.45. The average molecular weight is 515 g/mol. The molecule has 0 saturated heterocycles. The molecule has 0 unspecified atom stereocenters. The predicted octanol–water partition coefficient (Wildman–Crippen LogP) is 7.85. The van der Waals surface area contributed by atoms with Crippen LogP contribution < -0.4 is 5.32 Å². The van der Waals surface area contributed by atoms with E-state index in [1.807, 2.05) is 47.2 Å². The number of carbonyl (C=O) groups is 1. The van der Waals surface area contributed by atoms with Crippen molar-refractivity contribution in [1.82, 2.24) is 4.57 Å². The number of aromatic nitrogens is 1. The van der Waals surface area contributed by atoms with Gasteiger partial charge in [-0.1, -0.05) is 76.7 Å². The second-order valence-corrected chi connectivity index (χ2v) is 8.82.